The zero-order valence-corrected chi connectivity index (χ0v) is 23.1. The van der Waals surface area contributed by atoms with Gasteiger partial charge >= 0.3 is 0 Å². The smallest absolute Gasteiger partial charge is 0.273 e. The minimum Gasteiger partial charge on any atom is -0.332 e. The second-order valence-electron chi connectivity index (χ2n) is 9.90. The van der Waals surface area contributed by atoms with Crippen LogP contribution in [-0.2, 0) is 26.2 Å². The van der Waals surface area contributed by atoms with E-state index in [1.165, 1.54) is 34.6 Å². The maximum Gasteiger partial charge on any atom is 0.273 e. The van der Waals surface area contributed by atoms with E-state index in [2.05, 4.69) is 41.0 Å². The Hall–Kier alpha value is -3.39. The summed E-state index contributed by atoms with van der Waals surface area (Å²) >= 11 is 1.51. The lowest BCUT2D eigenvalue weighted by Gasteiger charge is -2.24. The average molecular weight is 531 g/mol. The molecule has 4 aromatic rings. The molecule has 0 saturated carbocycles. The van der Waals surface area contributed by atoms with Crippen LogP contribution in [0, 0.1) is 12.7 Å². The first kappa shape index (κ1) is 27.6. The van der Waals surface area contributed by atoms with Crippen LogP contribution in [0.1, 0.15) is 37.7 Å². The number of carbonyl (C=O) groups is 1. The Morgan fingerprint density at radius 1 is 0.789 bits per heavy atom. The Labute approximate surface area is 229 Å². The van der Waals surface area contributed by atoms with Crippen molar-refractivity contribution in [2.45, 2.75) is 33.1 Å². The molecule has 0 N–H and O–H groups in total. The van der Waals surface area contributed by atoms with Crippen LogP contribution < -0.4 is 0 Å². The van der Waals surface area contributed by atoms with E-state index < -0.39 is 0 Å². The average Bonchev–Trinajstić information content (AvgIpc) is 3.37. The summed E-state index contributed by atoms with van der Waals surface area (Å²) in [6.45, 7) is 6.00. The van der Waals surface area contributed by atoms with Gasteiger partial charge in [-0.3, -0.25) is 9.69 Å². The molecule has 5 nitrogen and oxygen atoms in total. The standard InChI is InChI=1S/C31H35FN4OS/c1-24-9-11-26(12-10-24)19-35(20-27-13-15-28(32)16-14-27)22-30-33-29(23-38-30)31(37)36(18-17-34(2)3)21-25-7-5-4-6-8-25/h4-16,23H,17-22H2,1-3H3. The van der Waals surface area contributed by atoms with E-state index in [1.807, 2.05) is 66.8 Å². The van der Waals surface area contributed by atoms with Crippen molar-refractivity contribution < 1.29 is 9.18 Å². The van der Waals surface area contributed by atoms with Crippen LogP contribution in [0.4, 0.5) is 4.39 Å². The van der Waals surface area contributed by atoms with Crippen molar-refractivity contribution in [3.63, 3.8) is 0 Å². The van der Waals surface area contributed by atoms with Gasteiger partial charge in [0, 0.05) is 38.1 Å². The normalized spacial score (nSPS) is 11.3. The molecule has 3 aromatic carbocycles. The first-order valence-electron chi connectivity index (χ1n) is 12.8. The highest BCUT2D eigenvalue weighted by molar-refractivity contribution is 7.09. The predicted molar refractivity (Wildman–Crippen MR) is 152 cm³/mol. The summed E-state index contributed by atoms with van der Waals surface area (Å²) in [7, 11) is 4.02. The second-order valence-corrected chi connectivity index (χ2v) is 10.8. The molecule has 0 bridgehead atoms. The number of likely N-dealkylation sites (N-methyl/N-ethyl adjacent to an activating group) is 1. The molecule has 0 spiro atoms. The molecular formula is C31H35FN4OS. The third kappa shape index (κ3) is 8.31. The van der Waals surface area contributed by atoms with Crippen molar-refractivity contribution in [3.8, 4) is 0 Å². The molecule has 1 heterocycles. The highest BCUT2D eigenvalue weighted by atomic mass is 32.1. The van der Waals surface area contributed by atoms with Gasteiger partial charge in [-0.05, 0) is 49.8 Å². The van der Waals surface area contributed by atoms with E-state index in [4.69, 9.17) is 4.98 Å². The maximum atomic E-state index is 13.5. The number of aryl methyl sites for hydroxylation is 1. The third-order valence-corrected chi connectivity index (χ3v) is 7.13. The Morgan fingerprint density at radius 2 is 1.39 bits per heavy atom. The Balaban J connectivity index is 1.50. The van der Waals surface area contributed by atoms with Gasteiger partial charge in [-0.2, -0.15) is 0 Å². The minimum absolute atomic E-state index is 0.0539. The van der Waals surface area contributed by atoms with Crippen LogP contribution in [0.2, 0.25) is 0 Å². The molecule has 0 radical (unpaired) electrons. The summed E-state index contributed by atoms with van der Waals surface area (Å²) in [5.74, 6) is -0.293. The molecule has 4 rings (SSSR count). The topological polar surface area (TPSA) is 39.7 Å². The molecule has 0 fully saturated rings. The number of hydrogen-bond acceptors (Lipinski definition) is 5. The van der Waals surface area contributed by atoms with Gasteiger partial charge in [0.25, 0.3) is 5.91 Å². The van der Waals surface area contributed by atoms with Crippen LogP contribution >= 0.6 is 11.3 Å². The number of aromatic nitrogens is 1. The van der Waals surface area contributed by atoms with Crippen molar-refractivity contribution in [3.05, 3.63) is 123 Å². The largest absolute Gasteiger partial charge is 0.332 e. The maximum absolute atomic E-state index is 13.5. The van der Waals surface area contributed by atoms with E-state index >= 15 is 0 Å². The first-order valence-corrected chi connectivity index (χ1v) is 13.7. The summed E-state index contributed by atoms with van der Waals surface area (Å²) in [6.07, 6.45) is 0. The lowest BCUT2D eigenvalue weighted by atomic mass is 10.1. The number of thiazole rings is 1. The molecule has 1 amide bonds. The number of hydrogen-bond donors (Lipinski definition) is 0. The monoisotopic (exact) mass is 530 g/mol. The van der Waals surface area contributed by atoms with E-state index in [0.717, 1.165) is 29.2 Å². The van der Waals surface area contributed by atoms with E-state index in [1.54, 1.807) is 0 Å². The molecule has 0 aliphatic heterocycles. The minimum atomic E-state index is -0.240. The van der Waals surface area contributed by atoms with Gasteiger partial charge < -0.3 is 9.80 Å². The third-order valence-electron chi connectivity index (χ3n) is 6.30. The number of nitrogens with zero attached hydrogens (tertiary/aromatic N) is 4. The number of rotatable bonds is 12. The van der Waals surface area contributed by atoms with Crippen molar-refractivity contribution in [2.75, 3.05) is 27.2 Å². The molecule has 7 heteroatoms. The molecule has 0 saturated heterocycles. The lowest BCUT2D eigenvalue weighted by molar-refractivity contribution is 0.0726. The highest BCUT2D eigenvalue weighted by Gasteiger charge is 2.20. The van der Waals surface area contributed by atoms with Crippen LogP contribution in [-0.4, -0.2) is 52.8 Å². The Morgan fingerprint density at radius 3 is 2.03 bits per heavy atom. The SMILES string of the molecule is Cc1ccc(CN(Cc2ccc(F)cc2)Cc2nc(C(=O)N(CCN(C)C)Cc3ccccc3)cs2)cc1. The fourth-order valence-electron chi connectivity index (χ4n) is 4.18. The molecule has 0 aliphatic rings. The van der Waals surface area contributed by atoms with Crippen LogP contribution in [0.15, 0.2) is 84.2 Å². The van der Waals surface area contributed by atoms with Gasteiger partial charge in [0.15, 0.2) is 0 Å². The van der Waals surface area contributed by atoms with Gasteiger partial charge in [0.2, 0.25) is 0 Å². The summed E-state index contributed by atoms with van der Waals surface area (Å²) in [4.78, 5) is 24.5. The van der Waals surface area contributed by atoms with Crippen LogP contribution in [0.3, 0.4) is 0 Å². The lowest BCUT2D eigenvalue weighted by Crippen LogP contribution is -2.36. The van der Waals surface area contributed by atoms with E-state index in [9.17, 15) is 9.18 Å². The zero-order valence-electron chi connectivity index (χ0n) is 22.3. The highest BCUT2D eigenvalue weighted by Crippen LogP contribution is 2.19. The first-order chi connectivity index (χ1) is 18.4. The molecule has 38 heavy (non-hydrogen) atoms. The van der Waals surface area contributed by atoms with Crippen LogP contribution in [0.25, 0.3) is 0 Å². The zero-order chi connectivity index (χ0) is 26.9. The molecular weight excluding hydrogens is 495 g/mol. The molecule has 1 aromatic heterocycles. The van der Waals surface area contributed by atoms with Crippen molar-refractivity contribution in [1.29, 1.82) is 0 Å². The Bertz CT molecular complexity index is 1240. The van der Waals surface area contributed by atoms with Crippen LogP contribution in [0.5, 0.6) is 0 Å². The number of carbonyl (C=O) groups excluding carboxylic acids is 1. The Kier molecular flexibility index (Phi) is 9.76. The molecule has 0 unspecified atom stereocenters. The summed E-state index contributed by atoms with van der Waals surface area (Å²) in [5, 5.41) is 2.75. The van der Waals surface area contributed by atoms with E-state index in [0.29, 0.717) is 31.9 Å². The number of halogens is 1. The fourth-order valence-corrected chi connectivity index (χ4v) is 4.99. The fraction of sp³-hybridized carbons (Fsp3) is 0.290. The van der Waals surface area contributed by atoms with Gasteiger partial charge in [0.1, 0.15) is 16.5 Å². The number of benzene rings is 3. The summed E-state index contributed by atoms with van der Waals surface area (Å²) in [5.41, 5.74) is 5.03. The van der Waals surface area contributed by atoms with Crippen molar-refractivity contribution in [2.24, 2.45) is 0 Å². The molecule has 198 valence electrons. The van der Waals surface area contributed by atoms with Gasteiger partial charge in [-0.25, -0.2) is 9.37 Å². The van der Waals surface area contributed by atoms with Gasteiger partial charge in [0.05, 0.1) is 6.54 Å². The van der Waals surface area contributed by atoms with Gasteiger partial charge in [-0.1, -0.05) is 72.3 Å². The van der Waals surface area contributed by atoms with E-state index in [-0.39, 0.29) is 11.7 Å². The quantitative estimate of drug-likeness (QED) is 0.225. The number of amides is 1. The predicted octanol–water partition coefficient (Wildman–Crippen LogP) is 6.00. The van der Waals surface area contributed by atoms with Crippen molar-refractivity contribution >= 4 is 17.2 Å². The van der Waals surface area contributed by atoms with Gasteiger partial charge in [-0.15, -0.1) is 11.3 Å². The molecule has 0 aliphatic carbocycles. The molecule has 0 atom stereocenters. The second kappa shape index (κ2) is 13.4. The van der Waals surface area contributed by atoms with Crippen molar-refractivity contribution in [1.82, 2.24) is 19.7 Å². The summed E-state index contributed by atoms with van der Waals surface area (Å²) in [6, 6.07) is 25.2. The summed E-state index contributed by atoms with van der Waals surface area (Å²) < 4.78 is 13.5.